The number of rotatable bonds is 4. The Hall–Kier alpha value is -0.960. The molecule has 3 heteroatoms. The standard InChI is InChI=1S/C13H23N3/c1-6-7-10-8-11(9(2)3)16-12(15-10)13(4,5)14/h8-9H,6-7,14H2,1-5H3. The van der Waals surface area contributed by atoms with Crippen molar-refractivity contribution in [1.82, 2.24) is 9.97 Å². The summed E-state index contributed by atoms with van der Waals surface area (Å²) in [6, 6.07) is 2.10. The molecule has 0 saturated heterocycles. The van der Waals surface area contributed by atoms with Gasteiger partial charge in [-0.15, -0.1) is 0 Å². The van der Waals surface area contributed by atoms with Crippen molar-refractivity contribution in [2.24, 2.45) is 5.73 Å². The largest absolute Gasteiger partial charge is 0.319 e. The van der Waals surface area contributed by atoms with Crippen LogP contribution >= 0.6 is 0 Å². The first-order valence-electron chi connectivity index (χ1n) is 6.01. The summed E-state index contributed by atoms with van der Waals surface area (Å²) in [4.78, 5) is 9.09. The smallest absolute Gasteiger partial charge is 0.148 e. The average molecular weight is 221 g/mol. The monoisotopic (exact) mass is 221 g/mol. The highest BCUT2D eigenvalue weighted by Crippen LogP contribution is 2.18. The van der Waals surface area contributed by atoms with E-state index >= 15 is 0 Å². The summed E-state index contributed by atoms with van der Waals surface area (Å²) in [5, 5.41) is 0. The van der Waals surface area contributed by atoms with Gasteiger partial charge in [0.2, 0.25) is 0 Å². The molecule has 1 aromatic heterocycles. The maximum absolute atomic E-state index is 6.07. The molecule has 1 rings (SSSR count). The normalized spacial score (nSPS) is 12.2. The van der Waals surface area contributed by atoms with Crippen molar-refractivity contribution in [2.75, 3.05) is 0 Å². The van der Waals surface area contributed by atoms with Gasteiger partial charge in [-0.05, 0) is 32.3 Å². The van der Waals surface area contributed by atoms with E-state index in [0.717, 1.165) is 30.1 Å². The van der Waals surface area contributed by atoms with Crippen molar-refractivity contribution in [1.29, 1.82) is 0 Å². The van der Waals surface area contributed by atoms with Gasteiger partial charge in [0.15, 0.2) is 0 Å². The van der Waals surface area contributed by atoms with Crippen LogP contribution in [0.15, 0.2) is 6.07 Å². The van der Waals surface area contributed by atoms with Crippen molar-refractivity contribution in [3.8, 4) is 0 Å². The number of hydrogen-bond acceptors (Lipinski definition) is 3. The number of nitrogens with two attached hydrogens (primary N) is 1. The molecule has 0 aliphatic rings. The van der Waals surface area contributed by atoms with Gasteiger partial charge in [-0.25, -0.2) is 9.97 Å². The molecule has 0 aliphatic heterocycles. The zero-order valence-electron chi connectivity index (χ0n) is 11.0. The van der Waals surface area contributed by atoms with Crippen LogP contribution in [0.25, 0.3) is 0 Å². The lowest BCUT2D eigenvalue weighted by molar-refractivity contribution is 0.505. The highest BCUT2D eigenvalue weighted by molar-refractivity contribution is 5.17. The lowest BCUT2D eigenvalue weighted by Gasteiger charge is -2.19. The van der Waals surface area contributed by atoms with E-state index in [1.54, 1.807) is 0 Å². The highest BCUT2D eigenvalue weighted by Gasteiger charge is 2.19. The van der Waals surface area contributed by atoms with Gasteiger partial charge in [-0.3, -0.25) is 0 Å². The van der Waals surface area contributed by atoms with E-state index in [1.807, 2.05) is 13.8 Å². The quantitative estimate of drug-likeness (QED) is 0.850. The van der Waals surface area contributed by atoms with Crippen LogP contribution in [0, 0.1) is 0 Å². The van der Waals surface area contributed by atoms with Gasteiger partial charge < -0.3 is 5.73 Å². The van der Waals surface area contributed by atoms with E-state index < -0.39 is 5.54 Å². The Balaban J connectivity index is 3.19. The van der Waals surface area contributed by atoms with Crippen LogP contribution in [0.3, 0.4) is 0 Å². The van der Waals surface area contributed by atoms with Gasteiger partial charge in [0.05, 0.1) is 5.54 Å². The third kappa shape index (κ3) is 3.27. The second-order valence-corrected chi connectivity index (χ2v) is 5.23. The van der Waals surface area contributed by atoms with Gasteiger partial charge in [0, 0.05) is 11.4 Å². The fourth-order valence-electron chi connectivity index (χ4n) is 1.49. The SMILES string of the molecule is CCCc1cc(C(C)C)nc(C(C)(C)N)n1. The number of nitrogens with zero attached hydrogens (tertiary/aromatic N) is 2. The minimum absolute atomic E-state index is 0.416. The zero-order chi connectivity index (χ0) is 12.3. The number of aromatic nitrogens is 2. The predicted octanol–water partition coefficient (Wildman–Crippen LogP) is 2.75. The van der Waals surface area contributed by atoms with Crippen LogP contribution in [-0.2, 0) is 12.0 Å². The van der Waals surface area contributed by atoms with Gasteiger partial charge >= 0.3 is 0 Å². The van der Waals surface area contributed by atoms with Crippen LogP contribution in [0.5, 0.6) is 0 Å². The van der Waals surface area contributed by atoms with E-state index in [1.165, 1.54) is 0 Å². The summed E-state index contributed by atoms with van der Waals surface area (Å²) in [5.74, 6) is 1.17. The Morgan fingerprint density at radius 3 is 2.38 bits per heavy atom. The molecule has 90 valence electrons. The zero-order valence-corrected chi connectivity index (χ0v) is 11.0. The second kappa shape index (κ2) is 4.91. The molecule has 0 radical (unpaired) electrons. The molecule has 0 amide bonds. The molecule has 0 spiro atoms. The van der Waals surface area contributed by atoms with E-state index in [2.05, 4.69) is 36.8 Å². The summed E-state index contributed by atoms with van der Waals surface area (Å²) in [6.07, 6.45) is 2.09. The Kier molecular flexibility index (Phi) is 4.03. The molecule has 0 aliphatic carbocycles. The summed E-state index contributed by atoms with van der Waals surface area (Å²) >= 11 is 0. The molecule has 16 heavy (non-hydrogen) atoms. The average Bonchev–Trinajstić information content (AvgIpc) is 2.16. The Labute approximate surface area is 98.5 Å². The van der Waals surface area contributed by atoms with Crippen molar-refractivity contribution in [3.63, 3.8) is 0 Å². The summed E-state index contributed by atoms with van der Waals surface area (Å²) in [6.45, 7) is 10.3. The fraction of sp³-hybridized carbons (Fsp3) is 0.692. The third-order valence-corrected chi connectivity index (χ3v) is 2.47. The molecule has 1 aromatic rings. The molecule has 0 atom stereocenters. The summed E-state index contributed by atoms with van der Waals surface area (Å²) in [5.41, 5.74) is 7.80. The van der Waals surface area contributed by atoms with Gasteiger partial charge in [-0.2, -0.15) is 0 Å². The maximum atomic E-state index is 6.07. The van der Waals surface area contributed by atoms with E-state index in [4.69, 9.17) is 5.73 Å². The molecule has 2 N–H and O–H groups in total. The third-order valence-electron chi connectivity index (χ3n) is 2.47. The lowest BCUT2D eigenvalue weighted by Crippen LogP contribution is -2.32. The van der Waals surface area contributed by atoms with E-state index in [-0.39, 0.29) is 0 Å². The first-order chi connectivity index (χ1) is 7.34. The molecule has 3 nitrogen and oxygen atoms in total. The van der Waals surface area contributed by atoms with Crippen LogP contribution < -0.4 is 5.73 Å². The first-order valence-corrected chi connectivity index (χ1v) is 6.01. The lowest BCUT2D eigenvalue weighted by atomic mass is 10.0. The highest BCUT2D eigenvalue weighted by atomic mass is 15.0. The molecular weight excluding hydrogens is 198 g/mol. The number of hydrogen-bond donors (Lipinski definition) is 1. The van der Waals surface area contributed by atoms with Crippen LogP contribution in [0.1, 0.15) is 64.2 Å². The van der Waals surface area contributed by atoms with E-state index in [9.17, 15) is 0 Å². The van der Waals surface area contributed by atoms with Gasteiger partial charge in [0.1, 0.15) is 5.82 Å². The molecule has 0 fully saturated rings. The summed E-state index contributed by atoms with van der Waals surface area (Å²) < 4.78 is 0. The predicted molar refractivity (Wildman–Crippen MR) is 67.3 cm³/mol. The van der Waals surface area contributed by atoms with Crippen LogP contribution in [-0.4, -0.2) is 9.97 Å². The van der Waals surface area contributed by atoms with Crippen molar-refractivity contribution >= 4 is 0 Å². The minimum atomic E-state index is -0.465. The minimum Gasteiger partial charge on any atom is -0.319 e. The fourth-order valence-corrected chi connectivity index (χ4v) is 1.49. The van der Waals surface area contributed by atoms with Crippen LogP contribution in [0.4, 0.5) is 0 Å². The van der Waals surface area contributed by atoms with Gasteiger partial charge in [0.25, 0.3) is 0 Å². The van der Waals surface area contributed by atoms with E-state index in [0.29, 0.717) is 5.92 Å². The van der Waals surface area contributed by atoms with Gasteiger partial charge in [-0.1, -0.05) is 27.2 Å². The Morgan fingerprint density at radius 1 is 1.31 bits per heavy atom. The first kappa shape index (κ1) is 13.1. The molecule has 0 saturated carbocycles. The van der Waals surface area contributed by atoms with Crippen molar-refractivity contribution < 1.29 is 0 Å². The van der Waals surface area contributed by atoms with Crippen molar-refractivity contribution in [2.45, 2.75) is 58.9 Å². The molecule has 1 heterocycles. The molecule has 0 aromatic carbocycles. The topological polar surface area (TPSA) is 51.8 Å². The Bertz CT molecular complexity index is 351. The van der Waals surface area contributed by atoms with Crippen LogP contribution in [0.2, 0.25) is 0 Å². The molecule has 0 bridgehead atoms. The Morgan fingerprint density at radius 2 is 1.94 bits per heavy atom. The maximum Gasteiger partial charge on any atom is 0.148 e. The summed E-state index contributed by atoms with van der Waals surface area (Å²) in [7, 11) is 0. The molecule has 0 unspecified atom stereocenters. The van der Waals surface area contributed by atoms with Crippen molar-refractivity contribution in [3.05, 3.63) is 23.3 Å². The number of aryl methyl sites for hydroxylation is 1. The second-order valence-electron chi connectivity index (χ2n) is 5.23. The molecular formula is C13H23N3.